The van der Waals surface area contributed by atoms with Gasteiger partial charge in [0.15, 0.2) is 0 Å². The zero-order chi connectivity index (χ0) is 19.3. The monoisotopic (exact) mass is 354 g/mol. The highest BCUT2D eigenvalue weighted by molar-refractivity contribution is 5.94. The zero-order valence-electron chi connectivity index (χ0n) is 16.8. The minimum Gasteiger partial charge on any atom is -0.496 e. The van der Waals surface area contributed by atoms with Gasteiger partial charge in [0.1, 0.15) is 11.3 Å². The number of aryl methyl sites for hydroxylation is 3. The summed E-state index contributed by atoms with van der Waals surface area (Å²) in [5, 5.41) is 0. The molecule has 0 aliphatic rings. The highest BCUT2D eigenvalue weighted by Crippen LogP contribution is 2.27. The van der Waals surface area contributed by atoms with Gasteiger partial charge in [-0.3, -0.25) is 0 Å². The van der Waals surface area contributed by atoms with Crippen LogP contribution in [0, 0.1) is 6.92 Å². The molecule has 0 saturated carbocycles. The van der Waals surface area contributed by atoms with Crippen molar-refractivity contribution in [2.75, 3.05) is 14.2 Å². The Bertz CT molecular complexity index is 770. The lowest BCUT2D eigenvalue weighted by molar-refractivity contribution is 0.0595. The topological polar surface area (TPSA) is 35.5 Å². The number of rotatable bonds is 6. The first kappa shape index (κ1) is 20.0. The summed E-state index contributed by atoms with van der Waals surface area (Å²) in [5.74, 6) is 0.226. The Kier molecular flexibility index (Phi) is 6.47. The predicted octanol–water partition coefficient (Wildman–Crippen LogP) is 5.26. The summed E-state index contributed by atoms with van der Waals surface area (Å²) in [6.07, 6.45) is 2.75. The van der Waals surface area contributed by atoms with E-state index in [-0.39, 0.29) is 11.4 Å². The Morgan fingerprint density at radius 2 is 1.69 bits per heavy atom. The van der Waals surface area contributed by atoms with E-state index in [2.05, 4.69) is 45.9 Å². The lowest BCUT2D eigenvalue weighted by Gasteiger charge is -2.21. The average Bonchev–Trinajstić information content (AvgIpc) is 2.61. The fourth-order valence-electron chi connectivity index (χ4n) is 3.17. The van der Waals surface area contributed by atoms with Crippen LogP contribution in [0.4, 0.5) is 0 Å². The number of ether oxygens (including phenoxy) is 2. The van der Waals surface area contributed by atoms with Gasteiger partial charge in [-0.05, 0) is 59.9 Å². The Morgan fingerprint density at radius 1 is 1.00 bits per heavy atom. The van der Waals surface area contributed by atoms with Crippen molar-refractivity contribution in [2.45, 2.75) is 52.4 Å². The van der Waals surface area contributed by atoms with E-state index < -0.39 is 0 Å². The summed E-state index contributed by atoms with van der Waals surface area (Å²) in [7, 11) is 2.98. The minimum atomic E-state index is -0.344. The van der Waals surface area contributed by atoms with Crippen molar-refractivity contribution < 1.29 is 14.3 Å². The largest absolute Gasteiger partial charge is 0.496 e. The second-order valence-corrected chi connectivity index (χ2v) is 7.73. The predicted molar refractivity (Wildman–Crippen MR) is 106 cm³/mol. The molecule has 2 aromatic rings. The molecule has 0 amide bonds. The van der Waals surface area contributed by atoms with Crippen LogP contribution >= 0.6 is 0 Å². The molecule has 0 saturated heterocycles. The lowest BCUT2D eigenvalue weighted by Crippen LogP contribution is -2.12. The summed E-state index contributed by atoms with van der Waals surface area (Å²) in [4.78, 5) is 12.2. The van der Waals surface area contributed by atoms with Crippen molar-refractivity contribution in [3.05, 3.63) is 64.2 Å². The van der Waals surface area contributed by atoms with E-state index in [1.165, 1.54) is 23.8 Å². The maximum atomic E-state index is 12.2. The van der Waals surface area contributed by atoms with E-state index in [1.807, 2.05) is 12.1 Å². The zero-order valence-corrected chi connectivity index (χ0v) is 16.8. The standard InChI is InChI=1S/C23H30O3/c1-16-13-14-19(23(2,3)4)15-18(16)11-7-9-17-10-8-12-20(25-5)21(17)22(24)26-6/h8,10,12-15H,7,9,11H2,1-6H3. The van der Waals surface area contributed by atoms with Gasteiger partial charge in [0.25, 0.3) is 0 Å². The molecule has 0 spiro atoms. The first-order valence-corrected chi connectivity index (χ1v) is 9.12. The number of benzene rings is 2. The number of carbonyl (C=O) groups is 1. The molecule has 26 heavy (non-hydrogen) atoms. The molecule has 0 N–H and O–H groups in total. The summed E-state index contributed by atoms with van der Waals surface area (Å²) >= 11 is 0. The third-order valence-electron chi connectivity index (χ3n) is 4.83. The first-order valence-electron chi connectivity index (χ1n) is 9.12. The molecule has 0 unspecified atom stereocenters. The number of hydrogen-bond donors (Lipinski definition) is 0. The maximum absolute atomic E-state index is 12.2. The molecule has 0 fully saturated rings. The summed E-state index contributed by atoms with van der Waals surface area (Å²) in [5.41, 5.74) is 5.71. The van der Waals surface area contributed by atoms with Crippen LogP contribution in [0.3, 0.4) is 0 Å². The molecule has 140 valence electrons. The molecular formula is C23H30O3. The van der Waals surface area contributed by atoms with E-state index in [9.17, 15) is 4.79 Å². The molecule has 0 bridgehead atoms. The highest BCUT2D eigenvalue weighted by atomic mass is 16.5. The number of carbonyl (C=O) groups excluding carboxylic acids is 1. The minimum absolute atomic E-state index is 0.146. The summed E-state index contributed by atoms with van der Waals surface area (Å²) in [6.45, 7) is 8.87. The van der Waals surface area contributed by atoms with Crippen LogP contribution in [-0.4, -0.2) is 20.2 Å². The number of methoxy groups -OCH3 is 2. The van der Waals surface area contributed by atoms with Crippen LogP contribution in [0.2, 0.25) is 0 Å². The third-order valence-corrected chi connectivity index (χ3v) is 4.83. The average molecular weight is 354 g/mol. The van der Waals surface area contributed by atoms with Gasteiger partial charge >= 0.3 is 5.97 Å². The Balaban J connectivity index is 2.17. The second kappa shape index (κ2) is 8.39. The normalized spacial score (nSPS) is 11.3. The first-order chi connectivity index (χ1) is 12.3. The fourth-order valence-corrected chi connectivity index (χ4v) is 3.17. The van der Waals surface area contributed by atoms with Gasteiger partial charge in [-0.15, -0.1) is 0 Å². The van der Waals surface area contributed by atoms with Gasteiger partial charge < -0.3 is 9.47 Å². The van der Waals surface area contributed by atoms with Gasteiger partial charge in [-0.1, -0.05) is 51.1 Å². The van der Waals surface area contributed by atoms with Crippen molar-refractivity contribution in [2.24, 2.45) is 0 Å². The van der Waals surface area contributed by atoms with Crippen molar-refractivity contribution in [1.29, 1.82) is 0 Å². The van der Waals surface area contributed by atoms with E-state index >= 15 is 0 Å². The van der Waals surface area contributed by atoms with Crippen LogP contribution in [0.5, 0.6) is 5.75 Å². The molecule has 3 heteroatoms. The molecule has 0 aliphatic heterocycles. The van der Waals surface area contributed by atoms with E-state index in [4.69, 9.17) is 9.47 Å². The summed E-state index contributed by atoms with van der Waals surface area (Å²) in [6, 6.07) is 12.5. The highest BCUT2D eigenvalue weighted by Gasteiger charge is 2.18. The Morgan fingerprint density at radius 3 is 2.31 bits per heavy atom. The van der Waals surface area contributed by atoms with Crippen molar-refractivity contribution >= 4 is 5.97 Å². The van der Waals surface area contributed by atoms with Gasteiger partial charge in [-0.25, -0.2) is 4.79 Å². The van der Waals surface area contributed by atoms with Crippen LogP contribution in [-0.2, 0) is 23.0 Å². The molecule has 0 heterocycles. The van der Waals surface area contributed by atoms with Crippen LogP contribution < -0.4 is 4.74 Å². The Hall–Kier alpha value is -2.29. The Labute approximate surface area is 157 Å². The number of esters is 1. The van der Waals surface area contributed by atoms with Crippen molar-refractivity contribution in [1.82, 2.24) is 0 Å². The van der Waals surface area contributed by atoms with Gasteiger partial charge in [-0.2, -0.15) is 0 Å². The van der Waals surface area contributed by atoms with Gasteiger partial charge in [0.05, 0.1) is 14.2 Å². The molecule has 0 radical (unpaired) electrons. The van der Waals surface area contributed by atoms with Gasteiger partial charge in [0.2, 0.25) is 0 Å². The molecule has 3 nitrogen and oxygen atoms in total. The smallest absolute Gasteiger partial charge is 0.341 e. The molecule has 0 aliphatic carbocycles. The van der Waals surface area contributed by atoms with Crippen LogP contribution in [0.1, 0.15) is 59.8 Å². The SMILES string of the molecule is COC(=O)c1c(CCCc2cc(C(C)(C)C)ccc2C)cccc1OC. The van der Waals surface area contributed by atoms with Crippen molar-refractivity contribution in [3.8, 4) is 5.75 Å². The molecule has 0 aromatic heterocycles. The lowest BCUT2D eigenvalue weighted by atomic mass is 9.84. The van der Waals surface area contributed by atoms with E-state index in [0.717, 1.165) is 24.8 Å². The molecular weight excluding hydrogens is 324 g/mol. The molecule has 2 rings (SSSR count). The van der Waals surface area contributed by atoms with E-state index in [0.29, 0.717) is 11.3 Å². The number of hydrogen-bond acceptors (Lipinski definition) is 3. The molecule has 0 atom stereocenters. The quantitative estimate of drug-likeness (QED) is 0.664. The fraction of sp³-hybridized carbons (Fsp3) is 0.435. The second-order valence-electron chi connectivity index (χ2n) is 7.73. The van der Waals surface area contributed by atoms with Gasteiger partial charge in [0, 0.05) is 0 Å². The third kappa shape index (κ3) is 4.66. The van der Waals surface area contributed by atoms with Crippen LogP contribution in [0.15, 0.2) is 36.4 Å². The van der Waals surface area contributed by atoms with E-state index in [1.54, 1.807) is 13.2 Å². The summed E-state index contributed by atoms with van der Waals surface area (Å²) < 4.78 is 10.3. The van der Waals surface area contributed by atoms with Crippen molar-refractivity contribution in [3.63, 3.8) is 0 Å². The molecule has 2 aromatic carbocycles. The maximum Gasteiger partial charge on any atom is 0.341 e. The van der Waals surface area contributed by atoms with Crippen LogP contribution in [0.25, 0.3) is 0 Å².